The van der Waals surface area contributed by atoms with Gasteiger partial charge >= 0.3 is 0 Å². The van der Waals surface area contributed by atoms with Gasteiger partial charge in [0, 0.05) is 36.5 Å². The van der Waals surface area contributed by atoms with Crippen molar-refractivity contribution in [3.05, 3.63) is 67.9 Å². The lowest BCUT2D eigenvalue weighted by Gasteiger charge is -2.32. The largest absolute Gasteiger partial charge is 0.309 e. The summed E-state index contributed by atoms with van der Waals surface area (Å²) in [5, 5.41) is 2.05. The summed E-state index contributed by atoms with van der Waals surface area (Å²) in [7, 11) is -3.47. The zero-order valence-corrected chi connectivity index (χ0v) is 20.3. The molecule has 0 saturated carbocycles. The van der Waals surface area contributed by atoms with Crippen molar-refractivity contribution in [3.8, 4) is 0 Å². The molecular formula is C24H28N4O3S2. The molecule has 1 aromatic carbocycles. The first-order chi connectivity index (χ1) is 15.9. The minimum absolute atomic E-state index is 0.0469. The molecule has 1 saturated heterocycles. The number of fused-ring (bicyclic) bond motifs is 3. The second kappa shape index (κ2) is 9.13. The van der Waals surface area contributed by atoms with Crippen molar-refractivity contribution in [2.45, 2.75) is 32.7 Å². The van der Waals surface area contributed by atoms with Crippen LogP contribution in [0, 0.1) is 5.92 Å². The number of nitrogens with one attached hydrogen (secondary N) is 1. The molecule has 1 aliphatic carbocycles. The van der Waals surface area contributed by atoms with Crippen molar-refractivity contribution in [2.75, 3.05) is 26.2 Å². The molecule has 174 valence electrons. The Hall–Kier alpha value is -2.33. The molecule has 1 N–H and O–H groups in total. The van der Waals surface area contributed by atoms with Crippen LogP contribution in [0.2, 0.25) is 0 Å². The molecule has 33 heavy (non-hydrogen) atoms. The highest BCUT2D eigenvalue weighted by Crippen LogP contribution is 2.35. The van der Waals surface area contributed by atoms with Crippen molar-refractivity contribution in [2.24, 2.45) is 5.92 Å². The van der Waals surface area contributed by atoms with E-state index in [0.717, 1.165) is 35.0 Å². The number of aromatic amines is 1. The number of sulfonamides is 1. The quantitative estimate of drug-likeness (QED) is 0.601. The fourth-order valence-corrected chi connectivity index (χ4v) is 7.21. The Morgan fingerprint density at radius 3 is 2.70 bits per heavy atom. The van der Waals surface area contributed by atoms with E-state index in [0.29, 0.717) is 44.5 Å². The number of hydrogen-bond acceptors (Lipinski definition) is 6. The Morgan fingerprint density at radius 1 is 1.18 bits per heavy atom. The summed E-state index contributed by atoms with van der Waals surface area (Å²) in [4.78, 5) is 24.9. The van der Waals surface area contributed by atoms with E-state index in [2.05, 4.69) is 16.8 Å². The van der Waals surface area contributed by atoms with E-state index < -0.39 is 10.0 Å². The third-order valence-corrected chi connectivity index (χ3v) is 9.22. The van der Waals surface area contributed by atoms with Gasteiger partial charge in [0.05, 0.1) is 11.9 Å². The third-order valence-electron chi connectivity index (χ3n) is 6.51. The molecule has 2 aliphatic rings. The Morgan fingerprint density at radius 2 is 1.94 bits per heavy atom. The van der Waals surface area contributed by atoms with Gasteiger partial charge in [-0.1, -0.05) is 37.3 Å². The van der Waals surface area contributed by atoms with E-state index in [1.807, 2.05) is 30.3 Å². The average Bonchev–Trinajstić information content (AvgIpc) is 3.16. The molecule has 3 heterocycles. The highest BCUT2D eigenvalue weighted by Gasteiger charge is 2.26. The van der Waals surface area contributed by atoms with Crippen LogP contribution in [0.25, 0.3) is 16.3 Å². The summed E-state index contributed by atoms with van der Waals surface area (Å²) in [5.74, 6) is 1.30. The van der Waals surface area contributed by atoms with Crippen LogP contribution in [0.4, 0.5) is 0 Å². The van der Waals surface area contributed by atoms with E-state index >= 15 is 0 Å². The molecule has 0 radical (unpaired) electrons. The SMILES string of the molecule is C[C@@H]1CCc2c(sc3nc(CN4CCN(S(=O)(=O)/C=C/c5ccccc5)CC4)[nH]c(=O)c23)C1. The van der Waals surface area contributed by atoms with E-state index in [-0.39, 0.29) is 5.56 Å². The van der Waals surface area contributed by atoms with Gasteiger partial charge in [-0.2, -0.15) is 4.31 Å². The maximum atomic E-state index is 12.8. The number of aromatic nitrogens is 2. The summed E-state index contributed by atoms with van der Waals surface area (Å²) in [6, 6.07) is 9.41. The smallest absolute Gasteiger partial charge is 0.259 e. The Balaban J connectivity index is 1.25. The zero-order chi connectivity index (χ0) is 23.0. The van der Waals surface area contributed by atoms with Gasteiger partial charge in [0.1, 0.15) is 10.7 Å². The molecule has 2 aromatic heterocycles. The number of H-pyrrole nitrogens is 1. The van der Waals surface area contributed by atoms with Gasteiger partial charge in [-0.15, -0.1) is 11.3 Å². The molecular weight excluding hydrogens is 456 g/mol. The topological polar surface area (TPSA) is 86.4 Å². The van der Waals surface area contributed by atoms with Crippen LogP contribution in [0.3, 0.4) is 0 Å². The molecule has 1 atom stereocenters. The van der Waals surface area contributed by atoms with Crippen LogP contribution in [-0.2, 0) is 29.4 Å². The van der Waals surface area contributed by atoms with Crippen LogP contribution in [0.15, 0.2) is 40.5 Å². The van der Waals surface area contributed by atoms with Crippen molar-refractivity contribution >= 4 is 37.7 Å². The second-order valence-electron chi connectivity index (χ2n) is 8.98. The normalized spacial score (nSPS) is 20.5. The molecule has 0 spiro atoms. The zero-order valence-electron chi connectivity index (χ0n) is 18.7. The van der Waals surface area contributed by atoms with E-state index in [1.54, 1.807) is 17.4 Å². The van der Waals surface area contributed by atoms with E-state index in [1.165, 1.54) is 20.2 Å². The monoisotopic (exact) mass is 484 g/mol. The van der Waals surface area contributed by atoms with Crippen molar-refractivity contribution < 1.29 is 8.42 Å². The lowest BCUT2D eigenvalue weighted by atomic mass is 9.89. The van der Waals surface area contributed by atoms with Crippen LogP contribution < -0.4 is 5.56 Å². The van der Waals surface area contributed by atoms with Crippen LogP contribution in [0.5, 0.6) is 0 Å². The predicted molar refractivity (Wildman–Crippen MR) is 133 cm³/mol. The molecule has 3 aromatic rings. The summed E-state index contributed by atoms with van der Waals surface area (Å²) < 4.78 is 26.9. The minimum Gasteiger partial charge on any atom is -0.309 e. The fourth-order valence-electron chi connectivity index (χ4n) is 4.64. The molecule has 1 fully saturated rings. The minimum atomic E-state index is -3.47. The van der Waals surface area contributed by atoms with Crippen molar-refractivity contribution in [1.82, 2.24) is 19.2 Å². The highest BCUT2D eigenvalue weighted by atomic mass is 32.2. The van der Waals surface area contributed by atoms with Gasteiger partial charge in [0.15, 0.2) is 0 Å². The van der Waals surface area contributed by atoms with E-state index in [4.69, 9.17) is 4.98 Å². The molecule has 7 nitrogen and oxygen atoms in total. The number of nitrogens with zero attached hydrogens (tertiary/aromatic N) is 3. The number of benzene rings is 1. The number of aryl methyl sites for hydroxylation is 1. The van der Waals surface area contributed by atoms with Gasteiger partial charge in [-0.25, -0.2) is 13.4 Å². The van der Waals surface area contributed by atoms with Crippen molar-refractivity contribution in [3.63, 3.8) is 0 Å². The van der Waals surface area contributed by atoms with Gasteiger partial charge in [0.2, 0.25) is 10.0 Å². The summed E-state index contributed by atoms with van der Waals surface area (Å²) in [6.45, 7) is 4.79. The van der Waals surface area contributed by atoms with Gasteiger partial charge in [-0.05, 0) is 42.4 Å². The van der Waals surface area contributed by atoms with Crippen molar-refractivity contribution in [1.29, 1.82) is 0 Å². The average molecular weight is 485 g/mol. The standard InChI is InChI=1S/C24H28N4O3S2/c1-17-7-8-19-20(15-17)32-24-22(19)23(29)25-21(26-24)16-27-10-12-28(13-11-27)33(30,31)14-9-18-5-3-2-4-6-18/h2-6,9,14,17H,7-8,10-13,15-16H2,1H3,(H,25,26,29)/b14-9+/t17-/m1/s1. The highest BCUT2D eigenvalue weighted by molar-refractivity contribution is 7.92. The Labute approximate surface area is 197 Å². The Bertz CT molecular complexity index is 1340. The Kier molecular flexibility index (Phi) is 6.22. The fraction of sp³-hybridized carbons (Fsp3) is 0.417. The molecule has 5 rings (SSSR count). The molecule has 9 heteroatoms. The maximum Gasteiger partial charge on any atom is 0.259 e. The second-order valence-corrected chi connectivity index (χ2v) is 11.9. The van der Waals surface area contributed by atoms with E-state index in [9.17, 15) is 13.2 Å². The lowest BCUT2D eigenvalue weighted by Crippen LogP contribution is -2.47. The maximum absolute atomic E-state index is 12.8. The van der Waals surface area contributed by atoms with Crippen LogP contribution in [0.1, 0.15) is 35.2 Å². The van der Waals surface area contributed by atoms with Gasteiger partial charge < -0.3 is 4.98 Å². The number of rotatable bonds is 5. The molecule has 0 unspecified atom stereocenters. The van der Waals surface area contributed by atoms with Gasteiger partial charge in [-0.3, -0.25) is 9.69 Å². The lowest BCUT2D eigenvalue weighted by molar-refractivity contribution is 0.179. The summed E-state index contributed by atoms with van der Waals surface area (Å²) >= 11 is 1.66. The third kappa shape index (κ3) is 4.82. The molecule has 0 amide bonds. The summed E-state index contributed by atoms with van der Waals surface area (Å²) in [6.07, 6.45) is 4.73. The van der Waals surface area contributed by atoms with Crippen LogP contribution in [-0.4, -0.2) is 53.8 Å². The van der Waals surface area contributed by atoms with Gasteiger partial charge in [0.25, 0.3) is 5.56 Å². The first kappa shape index (κ1) is 22.5. The molecule has 0 bridgehead atoms. The number of thiophene rings is 1. The number of hydrogen-bond donors (Lipinski definition) is 1. The first-order valence-electron chi connectivity index (χ1n) is 11.4. The first-order valence-corrected chi connectivity index (χ1v) is 13.7. The predicted octanol–water partition coefficient (Wildman–Crippen LogP) is 3.23. The van der Waals surface area contributed by atoms with Crippen LogP contribution >= 0.6 is 11.3 Å². The molecule has 1 aliphatic heterocycles. The number of piperazine rings is 1. The summed E-state index contributed by atoms with van der Waals surface area (Å²) in [5.41, 5.74) is 2.00.